The van der Waals surface area contributed by atoms with Gasteiger partial charge in [0.25, 0.3) is 5.91 Å². The molecule has 0 saturated carbocycles. The van der Waals surface area contributed by atoms with Gasteiger partial charge in [0, 0.05) is 56.7 Å². The first kappa shape index (κ1) is 23.1. The molecule has 0 radical (unpaired) electrons. The number of carboxylic acid groups (broad SMARTS) is 1. The van der Waals surface area contributed by atoms with Crippen LogP contribution >= 0.6 is 0 Å². The first-order chi connectivity index (χ1) is 14.6. The van der Waals surface area contributed by atoms with Gasteiger partial charge in [-0.2, -0.15) is 13.2 Å². The third kappa shape index (κ3) is 5.01. The number of aryl methyl sites for hydroxylation is 1. The molecule has 0 bridgehead atoms. The van der Waals surface area contributed by atoms with Crippen molar-refractivity contribution >= 4 is 22.8 Å². The monoisotopic (exact) mass is 441 g/mol. The average molecular weight is 441 g/mol. The highest BCUT2D eigenvalue weighted by Crippen LogP contribution is 2.40. The number of carbonyl (C=O) groups is 2. The number of amides is 1. The largest absolute Gasteiger partial charge is 0.490 e. The molecule has 2 aliphatic heterocycles. The number of methoxy groups -OCH3 is 1. The molecule has 0 atom stereocenters. The third-order valence-corrected chi connectivity index (χ3v) is 5.88. The molecule has 170 valence electrons. The Labute approximate surface area is 178 Å². The maximum Gasteiger partial charge on any atom is 0.490 e. The Morgan fingerprint density at radius 2 is 1.84 bits per heavy atom. The molecule has 1 spiro atoms. The standard InChI is InChI=1S/C19H25N3O2.C2HF3O2/c1-20-16-6-4-3-5-15(16)11-17(20)18(23)22-13-19(14-22)7-8-21(12-19)9-10-24-2;3-2(4,5)1(6)7/h3-6,11H,7-10,12-14H2,1-2H3;(H,6,7). The van der Waals surface area contributed by atoms with Gasteiger partial charge in [0.1, 0.15) is 5.69 Å². The number of ether oxygens (including phenoxy) is 1. The zero-order chi connectivity index (χ0) is 22.8. The molecule has 3 heterocycles. The summed E-state index contributed by atoms with van der Waals surface area (Å²) in [5, 5.41) is 8.25. The number of para-hydroxylation sites is 1. The number of halogens is 3. The summed E-state index contributed by atoms with van der Waals surface area (Å²) in [6, 6.07) is 10.2. The predicted molar refractivity (Wildman–Crippen MR) is 108 cm³/mol. The van der Waals surface area contributed by atoms with E-state index in [4.69, 9.17) is 14.6 Å². The summed E-state index contributed by atoms with van der Waals surface area (Å²) < 4.78 is 38.9. The molecule has 2 aromatic rings. The van der Waals surface area contributed by atoms with E-state index in [1.54, 1.807) is 7.11 Å². The molecule has 1 amide bonds. The molecular weight excluding hydrogens is 415 g/mol. The summed E-state index contributed by atoms with van der Waals surface area (Å²) in [5.74, 6) is -2.60. The van der Waals surface area contributed by atoms with Gasteiger partial charge in [-0.05, 0) is 25.1 Å². The van der Waals surface area contributed by atoms with Crippen LogP contribution < -0.4 is 0 Å². The van der Waals surface area contributed by atoms with Crippen molar-refractivity contribution in [3.05, 3.63) is 36.0 Å². The lowest BCUT2D eigenvalue weighted by Gasteiger charge is -2.48. The summed E-state index contributed by atoms with van der Waals surface area (Å²) in [6.07, 6.45) is -3.89. The van der Waals surface area contributed by atoms with Crippen molar-refractivity contribution < 1.29 is 32.6 Å². The van der Waals surface area contributed by atoms with Gasteiger partial charge in [-0.1, -0.05) is 18.2 Å². The summed E-state index contributed by atoms with van der Waals surface area (Å²) in [6.45, 7) is 5.77. The normalized spacial score (nSPS) is 18.0. The SMILES string of the molecule is COCCN1CCC2(C1)CN(C(=O)c1cc3ccccc3n1C)C2.O=C(O)C(F)(F)F. The molecule has 2 fully saturated rings. The maximum absolute atomic E-state index is 12.9. The van der Waals surface area contributed by atoms with Gasteiger partial charge < -0.3 is 24.2 Å². The zero-order valence-corrected chi connectivity index (χ0v) is 17.5. The topological polar surface area (TPSA) is 75.0 Å². The van der Waals surface area contributed by atoms with Crippen LogP contribution in [0.4, 0.5) is 13.2 Å². The molecule has 0 unspecified atom stereocenters. The van der Waals surface area contributed by atoms with Gasteiger partial charge in [-0.3, -0.25) is 4.79 Å². The van der Waals surface area contributed by atoms with Crippen LogP contribution in [-0.4, -0.2) is 84.0 Å². The van der Waals surface area contributed by atoms with E-state index >= 15 is 0 Å². The Hall–Kier alpha value is -2.59. The number of fused-ring (bicyclic) bond motifs is 1. The van der Waals surface area contributed by atoms with E-state index in [1.165, 1.54) is 6.42 Å². The summed E-state index contributed by atoms with van der Waals surface area (Å²) in [4.78, 5) is 26.2. The van der Waals surface area contributed by atoms with Crippen molar-refractivity contribution in [2.75, 3.05) is 46.4 Å². The first-order valence-corrected chi connectivity index (χ1v) is 9.91. The third-order valence-electron chi connectivity index (χ3n) is 5.88. The molecule has 0 aliphatic carbocycles. The summed E-state index contributed by atoms with van der Waals surface area (Å²) >= 11 is 0. The van der Waals surface area contributed by atoms with Crippen LogP contribution in [0.25, 0.3) is 10.9 Å². The Morgan fingerprint density at radius 3 is 2.42 bits per heavy atom. The van der Waals surface area contributed by atoms with Gasteiger partial charge in [0.2, 0.25) is 0 Å². The van der Waals surface area contributed by atoms with E-state index in [9.17, 15) is 18.0 Å². The van der Waals surface area contributed by atoms with Crippen LogP contribution in [0.3, 0.4) is 0 Å². The van der Waals surface area contributed by atoms with E-state index in [0.29, 0.717) is 5.41 Å². The Kier molecular flexibility index (Phi) is 6.61. The van der Waals surface area contributed by atoms with Gasteiger partial charge in [-0.25, -0.2) is 4.79 Å². The number of aromatic nitrogens is 1. The molecule has 31 heavy (non-hydrogen) atoms. The second-order valence-corrected chi connectivity index (χ2v) is 8.13. The minimum absolute atomic E-state index is 0.162. The van der Waals surface area contributed by atoms with E-state index in [-0.39, 0.29) is 5.91 Å². The number of rotatable bonds is 4. The minimum atomic E-state index is -5.08. The van der Waals surface area contributed by atoms with Crippen LogP contribution in [-0.2, 0) is 16.6 Å². The number of nitrogens with zero attached hydrogens (tertiary/aromatic N) is 3. The van der Waals surface area contributed by atoms with Crippen LogP contribution in [0, 0.1) is 5.41 Å². The van der Waals surface area contributed by atoms with Crippen LogP contribution in [0.1, 0.15) is 16.9 Å². The van der Waals surface area contributed by atoms with E-state index in [2.05, 4.69) is 17.0 Å². The highest BCUT2D eigenvalue weighted by atomic mass is 19.4. The second kappa shape index (κ2) is 8.88. The molecular formula is C21H26F3N3O4. The van der Waals surface area contributed by atoms with Crippen molar-refractivity contribution in [2.45, 2.75) is 12.6 Å². The van der Waals surface area contributed by atoms with Crippen LogP contribution in [0.2, 0.25) is 0 Å². The number of carbonyl (C=O) groups excluding carboxylic acids is 1. The lowest BCUT2D eigenvalue weighted by Crippen LogP contribution is -2.59. The quantitative estimate of drug-likeness (QED) is 0.790. The second-order valence-electron chi connectivity index (χ2n) is 8.13. The minimum Gasteiger partial charge on any atom is -0.475 e. The number of hydrogen-bond acceptors (Lipinski definition) is 4. The van der Waals surface area contributed by atoms with Crippen molar-refractivity contribution in [1.82, 2.24) is 14.4 Å². The molecule has 1 aromatic heterocycles. The lowest BCUT2D eigenvalue weighted by molar-refractivity contribution is -0.192. The molecule has 2 saturated heterocycles. The van der Waals surface area contributed by atoms with E-state index in [0.717, 1.165) is 55.9 Å². The Morgan fingerprint density at radius 1 is 1.19 bits per heavy atom. The molecule has 7 nitrogen and oxygen atoms in total. The molecule has 10 heteroatoms. The van der Waals surface area contributed by atoms with Crippen molar-refractivity contribution in [3.63, 3.8) is 0 Å². The van der Waals surface area contributed by atoms with Gasteiger partial charge in [-0.15, -0.1) is 0 Å². The van der Waals surface area contributed by atoms with Gasteiger partial charge >= 0.3 is 12.1 Å². The summed E-state index contributed by atoms with van der Waals surface area (Å²) in [7, 11) is 3.73. The zero-order valence-electron chi connectivity index (χ0n) is 17.5. The molecule has 1 N–H and O–H groups in total. The van der Waals surface area contributed by atoms with Gasteiger partial charge in [0.15, 0.2) is 0 Å². The first-order valence-electron chi connectivity index (χ1n) is 9.91. The number of alkyl halides is 3. The summed E-state index contributed by atoms with van der Waals surface area (Å²) in [5.41, 5.74) is 2.22. The fourth-order valence-electron chi connectivity index (χ4n) is 4.26. The fraction of sp³-hybridized carbons (Fsp3) is 0.524. The molecule has 2 aliphatic rings. The Balaban J connectivity index is 0.000000339. The van der Waals surface area contributed by atoms with Crippen molar-refractivity contribution in [2.24, 2.45) is 12.5 Å². The number of hydrogen-bond donors (Lipinski definition) is 1. The average Bonchev–Trinajstić information content (AvgIpc) is 3.27. The van der Waals surface area contributed by atoms with Crippen LogP contribution in [0.5, 0.6) is 0 Å². The number of benzene rings is 1. The van der Waals surface area contributed by atoms with E-state index < -0.39 is 12.1 Å². The Bertz CT molecular complexity index is 951. The molecule has 4 rings (SSSR count). The number of carboxylic acids is 1. The van der Waals surface area contributed by atoms with Gasteiger partial charge in [0.05, 0.1) is 6.61 Å². The maximum atomic E-state index is 12.9. The van der Waals surface area contributed by atoms with E-state index in [1.807, 2.05) is 34.7 Å². The number of likely N-dealkylation sites (tertiary alicyclic amines) is 2. The highest BCUT2D eigenvalue weighted by Gasteiger charge is 2.49. The van der Waals surface area contributed by atoms with Crippen molar-refractivity contribution in [1.29, 1.82) is 0 Å². The lowest BCUT2D eigenvalue weighted by atomic mass is 9.79. The van der Waals surface area contributed by atoms with Crippen LogP contribution in [0.15, 0.2) is 30.3 Å². The van der Waals surface area contributed by atoms with Crippen molar-refractivity contribution in [3.8, 4) is 0 Å². The fourth-order valence-corrected chi connectivity index (χ4v) is 4.26. The smallest absolute Gasteiger partial charge is 0.475 e. The number of aliphatic carboxylic acids is 1. The predicted octanol–water partition coefficient (Wildman–Crippen LogP) is 2.61. The molecule has 1 aromatic carbocycles. The highest BCUT2D eigenvalue weighted by molar-refractivity contribution is 5.99.